The van der Waals surface area contributed by atoms with Crippen molar-refractivity contribution in [1.29, 1.82) is 0 Å². The summed E-state index contributed by atoms with van der Waals surface area (Å²) in [5.74, 6) is 2.06. The van der Waals surface area contributed by atoms with Crippen molar-refractivity contribution < 1.29 is 19.3 Å². The van der Waals surface area contributed by atoms with Crippen LogP contribution in [-0.2, 0) is 6.61 Å². The van der Waals surface area contributed by atoms with Gasteiger partial charge in [-0.2, -0.15) is 0 Å². The first-order valence-corrected chi connectivity index (χ1v) is 6.20. The van der Waals surface area contributed by atoms with Crippen LogP contribution >= 0.6 is 11.6 Å². The minimum absolute atomic E-state index is 0.181. The van der Waals surface area contributed by atoms with Gasteiger partial charge in [0.1, 0.15) is 17.2 Å². The fourth-order valence-corrected chi connectivity index (χ4v) is 1.76. The third kappa shape index (κ3) is 3.31. The van der Waals surface area contributed by atoms with E-state index < -0.39 is 0 Å². The van der Waals surface area contributed by atoms with Gasteiger partial charge in [0.15, 0.2) is 0 Å². The topological polar surface area (TPSA) is 60.8 Å². The van der Waals surface area contributed by atoms with Gasteiger partial charge in [0.05, 0.1) is 25.8 Å². The van der Waals surface area contributed by atoms with Crippen molar-refractivity contribution in [2.45, 2.75) is 6.61 Å². The molecule has 5 nitrogen and oxygen atoms in total. The lowest BCUT2D eigenvalue weighted by Crippen LogP contribution is -1.94. The Balaban J connectivity index is 2.29. The summed E-state index contributed by atoms with van der Waals surface area (Å²) in [6.07, 6.45) is 1.43. The third-order valence-corrected chi connectivity index (χ3v) is 2.97. The molecule has 0 radical (unpaired) electrons. The van der Waals surface area contributed by atoms with Crippen molar-refractivity contribution in [3.05, 3.63) is 41.0 Å². The fraction of sp³-hybridized carbons (Fsp3) is 0.214. The fourth-order valence-electron chi connectivity index (χ4n) is 1.60. The van der Waals surface area contributed by atoms with E-state index in [2.05, 4.69) is 4.98 Å². The van der Waals surface area contributed by atoms with Gasteiger partial charge < -0.3 is 19.3 Å². The second-order valence-electron chi connectivity index (χ2n) is 3.92. The first kappa shape index (κ1) is 14.4. The Labute approximate surface area is 121 Å². The van der Waals surface area contributed by atoms with Crippen LogP contribution < -0.4 is 14.2 Å². The standard InChI is InChI=1S/C14H14ClNO4/c1-18-10-4-11(19-2)6-12(5-10)20-14-3-9(8-17)13(15)7-16-14/h3-7,17H,8H2,1-2H3. The van der Waals surface area contributed by atoms with Gasteiger partial charge in [-0.1, -0.05) is 11.6 Å². The van der Waals surface area contributed by atoms with E-state index in [0.717, 1.165) is 0 Å². The summed E-state index contributed by atoms with van der Waals surface area (Å²) in [5.41, 5.74) is 0.548. The molecule has 1 heterocycles. The normalized spacial score (nSPS) is 10.2. The molecule has 20 heavy (non-hydrogen) atoms. The number of nitrogens with zero attached hydrogens (tertiary/aromatic N) is 1. The van der Waals surface area contributed by atoms with Crippen LogP contribution in [0.1, 0.15) is 5.56 Å². The Bertz CT molecular complexity index is 581. The molecule has 0 spiro atoms. The van der Waals surface area contributed by atoms with E-state index in [0.29, 0.717) is 33.7 Å². The molecule has 0 saturated heterocycles. The van der Waals surface area contributed by atoms with Gasteiger partial charge in [-0.25, -0.2) is 4.98 Å². The van der Waals surface area contributed by atoms with E-state index in [1.807, 2.05) is 0 Å². The highest BCUT2D eigenvalue weighted by atomic mass is 35.5. The van der Waals surface area contributed by atoms with Gasteiger partial charge in [-0.3, -0.25) is 0 Å². The van der Waals surface area contributed by atoms with Crippen molar-refractivity contribution in [3.8, 4) is 23.1 Å². The largest absolute Gasteiger partial charge is 0.496 e. The number of hydrogen-bond donors (Lipinski definition) is 1. The van der Waals surface area contributed by atoms with Gasteiger partial charge in [0.2, 0.25) is 5.88 Å². The Morgan fingerprint density at radius 2 is 1.65 bits per heavy atom. The number of benzene rings is 1. The number of aliphatic hydroxyl groups excluding tert-OH is 1. The number of methoxy groups -OCH3 is 2. The highest BCUT2D eigenvalue weighted by Crippen LogP contribution is 2.31. The van der Waals surface area contributed by atoms with Crippen LogP contribution in [0.25, 0.3) is 0 Å². The van der Waals surface area contributed by atoms with Gasteiger partial charge in [0, 0.05) is 36.0 Å². The second kappa shape index (κ2) is 6.45. The zero-order valence-electron chi connectivity index (χ0n) is 11.1. The van der Waals surface area contributed by atoms with E-state index in [4.69, 9.17) is 30.9 Å². The lowest BCUT2D eigenvalue weighted by molar-refractivity contribution is 0.281. The number of pyridine rings is 1. The van der Waals surface area contributed by atoms with Crippen LogP contribution in [0.4, 0.5) is 0 Å². The van der Waals surface area contributed by atoms with E-state index >= 15 is 0 Å². The van der Waals surface area contributed by atoms with Crippen LogP contribution in [0.3, 0.4) is 0 Å². The molecule has 1 aromatic heterocycles. The lowest BCUT2D eigenvalue weighted by Gasteiger charge is -2.10. The molecule has 1 N–H and O–H groups in total. The smallest absolute Gasteiger partial charge is 0.219 e. The first-order valence-electron chi connectivity index (χ1n) is 5.82. The quantitative estimate of drug-likeness (QED) is 0.918. The maximum Gasteiger partial charge on any atom is 0.219 e. The molecule has 0 saturated carbocycles. The maximum atomic E-state index is 9.17. The van der Waals surface area contributed by atoms with Crippen molar-refractivity contribution in [1.82, 2.24) is 4.98 Å². The van der Waals surface area contributed by atoms with Crippen molar-refractivity contribution in [2.75, 3.05) is 14.2 Å². The summed E-state index contributed by atoms with van der Waals surface area (Å²) in [5, 5.41) is 9.56. The van der Waals surface area contributed by atoms with Crippen LogP contribution in [0.5, 0.6) is 23.1 Å². The summed E-state index contributed by atoms with van der Waals surface area (Å²) in [7, 11) is 3.12. The van der Waals surface area contributed by atoms with Gasteiger partial charge in [-0.05, 0) is 0 Å². The van der Waals surface area contributed by atoms with Gasteiger partial charge in [0.25, 0.3) is 0 Å². The van der Waals surface area contributed by atoms with Crippen molar-refractivity contribution in [3.63, 3.8) is 0 Å². The molecule has 0 unspecified atom stereocenters. The van der Waals surface area contributed by atoms with Crippen molar-refractivity contribution >= 4 is 11.6 Å². The summed E-state index contributed by atoms with van der Waals surface area (Å²) < 4.78 is 15.9. The first-order chi connectivity index (χ1) is 9.66. The highest BCUT2D eigenvalue weighted by molar-refractivity contribution is 6.31. The zero-order chi connectivity index (χ0) is 14.5. The van der Waals surface area contributed by atoms with Crippen LogP contribution in [-0.4, -0.2) is 24.3 Å². The Morgan fingerprint density at radius 3 is 2.20 bits per heavy atom. The number of aromatic nitrogens is 1. The number of ether oxygens (including phenoxy) is 3. The molecule has 0 aliphatic heterocycles. The minimum atomic E-state index is -0.181. The molecule has 106 valence electrons. The minimum Gasteiger partial charge on any atom is -0.496 e. The van der Waals surface area contributed by atoms with Gasteiger partial charge in [-0.15, -0.1) is 0 Å². The van der Waals surface area contributed by atoms with E-state index in [1.54, 1.807) is 38.5 Å². The predicted molar refractivity (Wildman–Crippen MR) is 74.8 cm³/mol. The molecule has 0 amide bonds. The average Bonchev–Trinajstić information content (AvgIpc) is 2.48. The van der Waals surface area contributed by atoms with Crippen LogP contribution in [0, 0.1) is 0 Å². The van der Waals surface area contributed by atoms with E-state index in [9.17, 15) is 0 Å². The molecule has 0 bridgehead atoms. The summed E-state index contributed by atoms with van der Waals surface area (Å²) in [6.45, 7) is -0.181. The number of aliphatic hydroxyl groups is 1. The number of halogens is 1. The number of rotatable bonds is 5. The maximum absolute atomic E-state index is 9.17. The second-order valence-corrected chi connectivity index (χ2v) is 4.33. The predicted octanol–water partition coefficient (Wildman–Crippen LogP) is 3.04. The summed E-state index contributed by atoms with van der Waals surface area (Å²) in [4.78, 5) is 4.05. The lowest BCUT2D eigenvalue weighted by atomic mass is 10.3. The molecular weight excluding hydrogens is 282 g/mol. The zero-order valence-corrected chi connectivity index (χ0v) is 11.8. The third-order valence-electron chi connectivity index (χ3n) is 2.63. The molecule has 2 rings (SSSR count). The molecule has 2 aromatic rings. The molecule has 0 fully saturated rings. The average molecular weight is 296 g/mol. The van der Waals surface area contributed by atoms with Gasteiger partial charge >= 0.3 is 0 Å². The number of hydrogen-bond acceptors (Lipinski definition) is 5. The van der Waals surface area contributed by atoms with Crippen LogP contribution in [0.15, 0.2) is 30.5 Å². The molecule has 6 heteroatoms. The molecule has 0 aliphatic carbocycles. The summed E-state index contributed by atoms with van der Waals surface area (Å²) >= 11 is 5.88. The Kier molecular flexibility index (Phi) is 4.65. The van der Waals surface area contributed by atoms with E-state index in [-0.39, 0.29) is 6.61 Å². The summed E-state index contributed by atoms with van der Waals surface area (Å²) in [6, 6.07) is 6.73. The SMILES string of the molecule is COc1cc(OC)cc(Oc2cc(CO)c(Cl)cn2)c1. The Hall–Kier alpha value is -1.98. The highest BCUT2D eigenvalue weighted by Gasteiger charge is 2.07. The van der Waals surface area contributed by atoms with Crippen LogP contribution in [0.2, 0.25) is 5.02 Å². The molecule has 0 aliphatic rings. The monoisotopic (exact) mass is 295 g/mol. The van der Waals surface area contributed by atoms with E-state index in [1.165, 1.54) is 6.20 Å². The molecular formula is C14H14ClNO4. The van der Waals surface area contributed by atoms with Crippen molar-refractivity contribution in [2.24, 2.45) is 0 Å². The molecule has 1 aromatic carbocycles. The Morgan fingerprint density at radius 1 is 1.05 bits per heavy atom. The molecule has 0 atom stereocenters.